The standard InChI is InChI=1S/C20H30N2O4S/c1-21(20(23)10-15-27(24,25)18-7-3-4-8-18)16-17-6-2-5-9-19(17)22-11-13-26-14-12-22/h2,5-6,9,18H,3-4,7-8,10-16H2,1H3. The second kappa shape index (κ2) is 9.06. The molecule has 1 aliphatic carbocycles. The highest BCUT2D eigenvalue weighted by atomic mass is 32.2. The van der Waals surface area contributed by atoms with Crippen LogP contribution in [0.1, 0.15) is 37.7 Å². The average molecular weight is 395 g/mol. The lowest BCUT2D eigenvalue weighted by Crippen LogP contribution is -2.37. The largest absolute Gasteiger partial charge is 0.378 e. The zero-order chi connectivity index (χ0) is 19.3. The quantitative estimate of drug-likeness (QED) is 0.709. The van der Waals surface area contributed by atoms with E-state index < -0.39 is 9.84 Å². The first-order valence-corrected chi connectivity index (χ1v) is 11.5. The molecule has 27 heavy (non-hydrogen) atoms. The first kappa shape index (κ1) is 20.1. The van der Waals surface area contributed by atoms with E-state index in [-0.39, 0.29) is 23.3 Å². The van der Waals surface area contributed by atoms with Crippen molar-refractivity contribution in [3.63, 3.8) is 0 Å². The number of rotatable bonds is 7. The highest BCUT2D eigenvalue weighted by Gasteiger charge is 2.29. The lowest BCUT2D eigenvalue weighted by molar-refractivity contribution is -0.130. The van der Waals surface area contributed by atoms with E-state index in [1.54, 1.807) is 11.9 Å². The van der Waals surface area contributed by atoms with E-state index in [4.69, 9.17) is 4.74 Å². The van der Waals surface area contributed by atoms with Gasteiger partial charge in [0.05, 0.1) is 24.2 Å². The van der Waals surface area contributed by atoms with E-state index in [9.17, 15) is 13.2 Å². The number of carbonyl (C=O) groups excluding carboxylic acids is 1. The predicted octanol–water partition coefficient (Wildman–Crippen LogP) is 2.23. The van der Waals surface area contributed by atoms with Gasteiger partial charge in [0.1, 0.15) is 0 Å². The number of sulfone groups is 1. The lowest BCUT2D eigenvalue weighted by Gasteiger charge is -2.31. The maximum absolute atomic E-state index is 12.5. The van der Waals surface area contributed by atoms with Crippen molar-refractivity contribution in [1.82, 2.24) is 4.90 Å². The Hall–Kier alpha value is -1.60. The number of para-hydroxylation sites is 1. The molecule has 0 bridgehead atoms. The van der Waals surface area contributed by atoms with E-state index in [1.807, 2.05) is 18.2 Å². The number of morpholine rings is 1. The summed E-state index contributed by atoms with van der Waals surface area (Å²) in [7, 11) is -1.41. The smallest absolute Gasteiger partial charge is 0.223 e. The monoisotopic (exact) mass is 394 g/mol. The van der Waals surface area contributed by atoms with Gasteiger partial charge in [-0.15, -0.1) is 0 Å². The fourth-order valence-corrected chi connectivity index (χ4v) is 5.78. The first-order valence-electron chi connectivity index (χ1n) is 9.83. The van der Waals surface area contributed by atoms with Crippen LogP contribution in [0.2, 0.25) is 0 Å². The number of hydrogen-bond acceptors (Lipinski definition) is 5. The topological polar surface area (TPSA) is 66.9 Å². The van der Waals surface area contributed by atoms with Crippen molar-refractivity contribution in [2.45, 2.75) is 43.9 Å². The molecule has 0 N–H and O–H groups in total. The number of benzene rings is 1. The molecule has 150 valence electrons. The van der Waals surface area contributed by atoms with Gasteiger partial charge in [0, 0.05) is 38.8 Å². The maximum atomic E-state index is 12.5. The third kappa shape index (κ3) is 5.23. The second-order valence-corrected chi connectivity index (χ2v) is 9.90. The van der Waals surface area contributed by atoms with Gasteiger partial charge in [-0.05, 0) is 24.5 Å². The summed E-state index contributed by atoms with van der Waals surface area (Å²) in [5.41, 5.74) is 2.20. The zero-order valence-electron chi connectivity index (χ0n) is 16.1. The van der Waals surface area contributed by atoms with Crippen molar-refractivity contribution in [3.8, 4) is 0 Å². The van der Waals surface area contributed by atoms with Crippen molar-refractivity contribution in [1.29, 1.82) is 0 Å². The molecule has 0 atom stereocenters. The minimum absolute atomic E-state index is 0.0358. The minimum Gasteiger partial charge on any atom is -0.378 e. The van der Waals surface area contributed by atoms with Crippen LogP contribution in [0.15, 0.2) is 24.3 Å². The molecule has 0 radical (unpaired) electrons. The molecule has 0 unspecified atom stereocenters. The van der Waals surface area contributed by atoms with Gasteiger partial charge in [-0.1, -0.05) is 31.0 Å². The number of ether oxygens (including phenoxy) is 1. The van der Waals surface area contributed by atoms with Crippen molar-refractivity contribution in [3.05, 3.63) is 29.8 Å². The highest BCUT2D eigenvalue weighted by molar-refractivity contribution is 7.92. The number of carbonyl (C=O) groups is 1. The molecule has 2 aliphatic rings. The summed E-state index contributed by atoms with van der Waals surface area (Å²) in [4.78, 5) is 16.4. The molecule has 2 fully saturated rings. The molecular formula is C20H30N2O4S. The van der Waals surface area contributed by atoms with Crippen LogP contribution in [0, 0.1) is 0 Å². The molecule has 1 saturated carbocycles. The van der Waals surface area contributed by atoms with Crippen molar-refractivity contribution >= 4 is 21.4 Å². The van der Waals surface area contributed by atoms with E-state index in [2.05, 4.69) is 11.0 Å². The maximum Gasteiger partial charge on any atom is 0.223 e. The predicted molar refractivity (Wildman–Crippen MR) is 107 cm³/mol. The molecule has 1 heterocycles. The second-order valence-electron chi connectivity index (χ2n) is 7.50. The van der Waals surface area contributed by atoms with E-state index in [1.165, 1.54) is 0 Å². The number of hydrogen-bond donors (Lipinski definition) is 0. The third-order valence-electron chi connectivity index (χ3n) is 5.59. The molecule has 3 rings (SSSR count). The fraction of sp³-hybridized carbons (Fsp3) is 0.650. The van der Waals surface area contributed by atoms with Crippen LogP contribution in [0.4, 0.5) is 5.69 Å². The molecular weight excluding hydrogens is 364 g/mol. The molecule has 1 aromatic rings. The Morgan fingerprint density at radius 2 is 1.85 bits per heavy atom. The van der Waals surface area contributed by atoms with Crippen LogP contribution in [-0.4, -0.2) is 63.6 Å². The molecule has 1 amide bonds. The summed E-state index contributed by atoms with van der Waals surface area (Å²) in [5.74, 6) is -0.153. The highest BCUT2D eigenvalue weighted by Crippen LogP contribution is 2.26. The molecule has 1 aliphatic heterocycles. The summed E-state index contributed by atoms with van der Waals surface area (Å²) < 4.78 is 30.2. The van der Waals surface area contributed by atoms with Crippen LogP contribution < -0.4 is 4.90 Å². The van der Waals surface area contributed by atoms with E-state index in [0.717, 1.165) is 50.0 Å². The van der Waals surface area contributed by atoms with Gasteiger partial charge in [-0.2, -0.15) is 0 Å². The Labute approximate surface area is 162 Å². The van der Waals surface area contributed by atoms with Gasteiger partial charge < -0.3 is 14.5 Å². The van der Waals surface area contributed by atoms with Crippen molar-refractivity contribution < 1.29 is 17.9 Å². The van der Waals surface area contributed by atoms with Crippen LogP contribution >= 0.6 is 0 Å². The molecule has 1 aromatic carbocycles. The number of amides is 1. The summed E-state index contributed by atoms with van der Waals surface area (Å²) in [6.07, 6.45) is 3.53. The van der Waals surface area contributed by atoms with E-state index >= 15 is 0 Å². The van der Waals surface area contributed by atoms with Crippen molar-refractivity contribution in [2.24, 2.45) is 0 Å². The number of anilines is 1. The lowest BCUT2D eigenvalue weighted by atomic mass is 10.1. The molecule has 6 nitrogen and oxygen atoms in total. The Kier molecular flexibility index (Phi) is 6.76. The molecule has 0 spiro atoms. The van der Waals surface area contributed by atoms with Gasteiger partial charge in [-0.25, -0.2) is 8.42 Å². The summed E-state index contributed by atoms with van der Waals surface area (Å²) in [5, 5.41) is -0.238. The summed E-state index contributed by atoms with van der Waals surface area (Å²) in [6, 6.07) is 8.08. The van der Waals surface area contributed by atoms with Gasteiger partial charge in [0.15, 0.2) is 9.84 Å². The van der Waals surface area contributed by atoms with Crippen LogP contribution in [-0.2, 0) is 25.9 Å². The van der Waals surface area contributed by atoms with Gasteiger partial charge >= 0.3 is 0 Å². The Morgan fingerprint density at radius 1 is 1.19 bits per heavy atom. The van der Waals surface area contributed by atoms with Crippen molar-refractivity contribution in [2.75, 3.05) is 44.0 Å². The average Bonchev–Trinajstić information content (AvgIpc) is 3.23. The molecule has 0 aromatic heterocycles. The van der Waals surface area contributed by atoms with Gasteiger partial charge in [0.2, 0.25) is 5.91 Å². The van der Waals surface area contributed by atoms with Crippen LogP contribution in [0.3, 0.4) is 0 Å². The summed E-state index contributed by atoms with van der Waals surface area (Å²) in [6.45, 7) is 3.59. The SMILES string of the molecule is CN(Cc1ccccc1N1CCOCC1)C(=O)CCS(=O)(=O)C1CCCC1. The number of nitrogens with zero attached hydrogens (tertiary/aromatic N) is 2. The molecule has 1 saturated heterocycles. The fourth-order valence-electron chi connectivity index (χ4n) is 3.94. The van der Waals surface area contributed by atoms with Gasteiger partial charge in [0.25, 0.3) is 0 Å². The Bertz CT molecular complexity index is 738. The van der Waals surface area contributed by atoms with Crippen LogP contribution in [0.25, 0.3) is 0 Å². The van der Waals surface area contributed by atoms with Gasteiger partial charge in [-0.3, -0.25) is 4.79 Å². The molecule has 7 heteroatoms. The van der Waals surface area contributed by atoms with E-state index in [0.29, 0.717) is 19.8 Å². The Balaban J connectivity index is 1.58. The Morgan fingerprint density at radius 3 is 2.56 bits per heavy atom. The summed E-state index contributed by atoms with van der Waals surface area (Å²) >= 11 is 0. The normalized spacial score (nSPS) is 18.6. The van der Waals surface area contributed by atoms with Crippen LogP contribution in [0.5, 0.6) is 0 Å². The third-order valence-corrected chi connectivity index (χ3v) is 7.85. The minimum atomic E-state index is -3.16. The first-order chi connectivity index (χ1) is 13.0. The zero-order valence-corrected chi connectivity index (χ0v) is 16.9.